The molecule has 1 aliphatic heterocycles. The van der Waals surface area contributed by atoms with Crippen molar-refractivity contribution < 1.29 is 23.5 Å². The normalized spacial score (nSPS) is 16.7. The second-order valence-corrected chi connectivity index (χ2v) is 6.48. The number of carbonyl (C=O) groups excluding carboxylic acids is 2. The highest BCUT2D eigenvalue weighted by Gasteiger charge is 2.45. The van der Waals surface area contributed by atoms with E-state index in [-0.39, 0.29) is 11.3 Å². The quantitative estimate of drug-likeness (QED) is 0.679. The first-order valence-corrected chi connectivity index (χ1v) is 8.65. The Bertz CT molecular complexity index is 1080. The Morgan fingerprint density at radius 3 is 2.43 bits per heavy atom. The Kier molecular flexibility index (Phi) is 4.31. The molecule has 0 radical (unpaired) electrons. The molecule has 1 unspecified atom stereocenters. The molecule has 4 rings (SSSR count). The average molecular weight is 377 g/mol. The number of Topliss-reactive ketones (excluding diaryl/α,β-unsaturated/α-hetero) is 1. The molecule has 3 aromatic rings. The van der Waals surface area contributed by atoms with E-state index < -0.39 is 29.3 Å². The Morgan fingerprint density at radius 2 is 1.79 bits per heavy atom. The van der Waals surface area contributed by atoms with Gasteiger partial charge in [-0.15, -0.1) is 0 Å². The van der Waals surface area contributed by atoms with Crippen molar-refractivity contribution in [2.45, 2.75) is 13.0 Å². The van der Waals surface area contributed by atoms with E-state index in [0.717, 1.165) is 5.56 Å². The number of rotatable bonds is 4. The molecule has 2 heterocycles. The molecule has 2 aromatic carbocycles. The Hall–Kier alpha value is -3.67. The number of ketones is 1. The highest BCUT2D eigenvalue weighted by Crippen LogP contribution is 2.42. The van der Waals surface area contributed by atoms with Gasteiger partial charge in [0.15, 0.2) is 11.5 Å². The van der Waals surface area contributed by atoms with Crippen LogP contribution >= 0.6 is 0 Å². The van der Waals surface area contributed by atoms with E-state index in [1.807, 2.05) is 19.1 Å². The third-order valence-corrected chi connectivity index (χ3v) is 4.79. The molecule has 0 saturated heterocycles. The van der Waals surface area contributed by atoms with Crippen LogP contribution in [0.2, 0.25) is 0 Å². The van der Waals surface area contributed by atoms with Gasteiger partial charge in [0.2, 0.25) is 5.78 Å². The lowest BCUT2D eigenvalue weighted by Crippen LogP contribution is -2.31. The van der Waals surface area contributed by atoms with E-state index in [0.29, 0.717) is 11.3 Å². The van der Waals surface area contributed by atoms with Crippen LogP contribution in [-0.4, -0.2) is 16.8 Å². The number of aliphatic hydroxyl groups is 1. The number of amides is 1. The first-order chi connectivity index (χ1) is 13.5. The molecule has 1 aromatic heterocycles. The summed E-state index contributed by atoms with van der Waals surface area (Å²) in [5, 5.41) is 10.6. The molecule has 1 atom stereocenters. The number of hydrogen-bond donors (Lipinski definition) is 1. The molecule has 0 fully saturated rings. The zero-order valence-electron chi connectivity index (χ0n) is 14.9. The summed E-state index contributed by atoms with van der Waals surface area (Å²) in [6.07, 6.45) is 1.35. The van der Waals surface area contributed by atoms with Gasteiger partial charge in [0.05, 0.1) is 17.9 Å². The van der Waals surface area contributed by atoms with Gasteiger partial charge in [0, 0.05) is 5.69 Å². The molecule has 5 nitrogen and oxygen atoms in total. The molecule has 0 aliphatic carbocycles. The largest absolute Gasteiger partial charge is 0.503 e. The zero-order chi connectivity index (χ0) is 19.8. The van der Waals surface area contributed by atoms with E-state index in [1.54, 1.807) is 18.2 Å². The van der Waals surface area contributed by atoms with Crippen LogP contribution in [0.3, 0.4) is 0 Å². The SMILES string of the molecule is Cc1ccccc1C1C(C(=O)c2ccco2)=C(O)C(=O)N1c1ccc(F)cc1. The van der Waals surface area contributed by atoms with Gasteiger partial charge in [-0.25, -0.2) is 4.39 Å². The van der Waals surface area contributed by atoms with Gasteiger partial charge in [-0.1, -0.05) is 24.3 Å². The molecule has 1 aliphatic rings. The van der Waals surface area contributed by atoms with Crippen molar-refractivity contribution in [2.75, 3.05) is 4.90 Å². The molecule has 0 spiro atoms. The number of aryl methyl sites for hydroxylation is 1. The summed E-state index contributed by atoms with van der Waals surface area (Å²) in [5.41, 5.74) is 1.82. The van der Waals surface area contributed by atoms with Crippen LogP contribution in [0.5, 0.6) is 0 Å². The summed E-state index contributed by atoms with van der Waals surface area (Å²) in [6, 6.07) is 14.8. The second-order valence-electron chi connectivity index (χ2n) is 6.48. The zero-order valence-corrected chi connectivity index (χ0v) is 14.9. The highest BCUT2D eigenvalue weighted by molar-refractivity contribution is 6.20. The standard InChI is InChI=1S/C22H16FNO4/c1-13-5-2-3-6-16(13)19-18(20(25)17-7-4-12-28-17)21(26)22(27)24(19)15-10-8-14(23)9-11-15/h2-12,19,26H,1H3. The lowest BCUT2D eigenvalue weighted by atomic mass is 9.92. The average Bonchev–Trinajstić information content (AvgIpc) is 3.31. The number of aliphatic hydroxyl groups excluding tert-OH is 1. The number of halogens is 1. The molecule has 6 heteroatoms. The fourth-order valence-electron chi connectivity index (χ4n) is 3.43. The topological polar surface area (TPSA) is 70.7 Å². The van der Waals surface area contributed by atoms with Crippen LogP contribution in [0, 0.1) is 12.7 Å². The number of nitrogens with zero attached hydrogens (tertiary/aromatic N) is 1. The molecule has 28 heavy (non-hydrogen) atoms. The summed E-state index contributed by atoms with van der Waals surface area (Å²) in [5.74, 6) is -2.37. The molecule has 140 valence electrons. The minimum atomic E-state index is -0.864. The summed E-state index contributed by atoms with van der Waals surface area (Å²) in [6.45, 7) is 1.85. The lowest BCUT2D eigenvalue weighted by Gasteiger charge is -2.27. The number of carbonyl (C=O) groups is 2. The van der Waals surface area contributed by atoms with Crippen molar-refractivity contribution in [1.29, 1.82) is 0 Å². The molecule has 0 saturated carbocycles. The maximum absolute atomic E-state index is 13.4. The number of anilines is 1. The molecular formula is C22H16FNO4. The smallest absolute Gasteiger partial charge is 0.294 e. The number of furan rings is 1. The number of benzene rings is 2. The van der Waals surface area contributed by atoms with E-state index in [9.17, 15) is 19.1 Å². The van der Waals surface area contributed by atoms with Crippen LogP contribution in [0.4, 0.5) is 10.1 Å². The van der Waals surface area contributed by atoms with Gasteiger partial charge < -0.3 is 9.52 Å². The lowest BCUT2D eigenvalue weighted by molar-refractivity contribution is -0.117. The van der Waals surface area contributed by atoms with Crippen molar-refractivity contribution in [1.82, 2.24) is 0 Å². The maximum Gasteiger partial charge on any atom is 0.294 e. The van der Waals surface area contributed by atoms with Gasteiger partial charge in [0.25, 0.3) is 5.91 Å². The predicted octanol–water partition coefficient (Wildman–Crippen LogP) is 4.51. The van der Waals surface area contributed by atoms with Crippen molar-refractivity contribution in [3.63, 3.8) is 0 Å². The second kappa shape index (κ2) is 6.81. The third-order valence-electron chi connectivity index (χ3n) is 4.79. The van der Waals surface area contributed by atoms with Crippen molar-refractivity contribution in [3.8, 4) is 0 Å². The van der Waals surface area contributed by atoms with E-state index in [2.05, 4.69) is 0 Å². The minimum Gasteiger partial charge on any atom is -0.503 e. The van der Waals surface area contributed by atoms with Crippen LogP contribution in [0.15, 0.2) is 82.7 Å². The summed E-state index contributed by atoms with van der Waals surface area (Å²) < 4.78 is 18.6. The van der Waals surface area contributed by atoms with Crippen molar-refractivity contribution >= 4 is 17.4 Å². The molecule has 1 amide bonds. The van der Waals surface area contributed by atoms with Gasteiger partial charge in [-0.2, -0.15) is 0 Å². The fourth-order valence-corrected chi connectivity index (χ4v) is 3.43. The van der Waals surface area contributed by atoms with Gasteiger partial charge in [-0.3, -0.25) is 14.5 Å². The summed E-state index contributed by atoms with van der Waals surface area (Å²) >= 11 is 0. The van der Waals surface area contributed by atoms with Gasteiger partial charge in [0.1, 0.15) is 5.82 Å². The first kappa shape index (κ1) is 17.7. The highest BCUT2D eigenvalue weighted by atomic mass is 19.1. The predicted molar refractivity (Wildman–Crippen MR) is 100 cm³/mol. The maximum atomic E-state index is 13.4. The molecule has 0 bridgehead atoms. The van der Waals surface area contributed by atoms with E-state index in [1.165, 1.54) is 41.5 Å². The van der Waals surface area contributed by atoms with Crippen LogP contribution in [0.25, 0.3) is 0 Å². The monoisotopic (exact) mass is 377 g/mol. The Morgan fingerprint density at radius 1 is 1.07 bits per heavy atom. The van der Waals surface area contributed by atoms with Crippen LogP contribution in [0.1, 0.15) is 27.7 Å². The Balaban J connectivity index is 1.91. The molecular weight excluding hydrogens is 361 g/mol. The van der Waals surface area contributed by atoms with E-state index in [4.69, 9.17) is 4.42 Å². The molecule has 1 N–H and O–H groups in total. The van der Waals surface area contributed by atoms with Crippen molar-refractivity contribution in [2.24, 2.45) is 0 Å². The van der Waals surface area contributed by atoms with Crippen molar-refractivity contribution in [3.05, 3.63) is 101 Å². The summed E-state index contributed by atoms with van der Waals surface area (Å²) in [7, 11) is 0. The van der Waals surface area contributed by atoms with Gasteiger partial charge >= 0.3 is 0 Å². The van der Waals surface area contributed by atoms with E-state index >= 15 is 0 Å². The minimum absolute atomic E-state index is 0.0221. The van der Waals surface area contributed by atoms with Crippen LogP contribution in [-0.2, 0) is 4.79 Å². The third kappa shape index (κ3) is 2.79. The summed E-state index contributed by atoms with van der Waals surface area (Å²) in [4.78, 5) is 27.3. The van der Waals surface area contributed by atoms with Gasteiger partial charge in [-0.05, 0) is 54.4 Å². The Labute approximate surface area is 160 Å². The number of hydrogen-bond acceptors (Lipinski definition) is 4. The fraction of sp³-hybridized carbons (Fsp3) is 0.0909. The first-order valence-electron chi connectivity index (χ1n) is 8.65. The van der Waals surface area contributed by atoms with Crippen LogP contribution < -0.4 is 4.90 Å².